The molecule has 2 saturated heterocycles. The molecule has 2 aliphatic heterocycles. The molecule has 2 amide bonds. The SMILES string of the molecule is O=C(Nc1ccc2c(c1)CCC2)[C@H]1CCCN(C(=O)c2ccccc2N2CCCC2)C1C1CCCCC1. The lowest BCUT2D eigenvalue weighted by atomic mass is 9.74. The molecule has 5 heteroatoms. The number of amides is 2. The molecule has 2 aliphatic carbocycles. The quantitative estimate of drug-likeness (QED) is 0.532. The van der Waals surface area contributed by atoms with Gasteiger partial charge >= 0.3 is 0 Å². The minimum absolute atomic E-state index is 0.0254. The number of carbonyl (C=O) groups excluding carboxylic acids is 2. The molecular formula is C32H41N3O2. The number of carbonyl (C=O) groups is 2. The average Bonchev–Trinajstić information content (AvgIpc) is 3.65. The molecule has 2 aromatic rings. The number of benzene rings is 2. The number of para-hydroxylation sites is 1. The molecule has 2 aromatic carbocycles. The third-order valence-corrected chi connectivity index (χ3v) is 9.36. The number of rotatable bonds is 5. The highest BCUT2D eigenvalue weighted by Crippen LogP contribution is 2.39. The second kappa shape index (κ2) is 10.9. The van der Waals surface area contributed by atoms with Gasteiger partial charge in [-0.3, -0.25) is 9.59 Å². The number of fused-ring (bicyclic) bond motifs is 1. The molecule has 2 atom stereocenters. The van der Waals surface area contributed by atoms with E-state index in [2.05, 4.69) is 39.4 Å². The van der Waals surface area contributed by atoms with Crippen LogP contribution in [0, 0.1) is 11.8 Å². The highest BCUT2D eigenvalue weighted by molar-refractivity contribution is 6.01. The molecule has 4 aliphatic rings. The van der Waals surface area contributed by atoms with Gasteiger partial charge in [-0.2, -0.15) is 0 Å². The first-order valence-corrected chi connectivity index (χ1v) is 14.8. The Bertz CT molecular complexity index is 1130. The number of aryl methyl sites for hydroxylation is 2. The van der Waals surface area contributed by atoms with Crippen LogP contribution in [-0.2, 0) is 17.6 Å². The van der Waals surface area contributed by atoms with Gasteiger partial charge < -0.3 is 15.1 Å². The molecule has 1 unspecified atom stereocenters. The van der Waals surface area contributed by atoms with Crippen molar-refractivity contribution in [2.45, 2.75) is 83.1 Å². The van der Waals surface area contributed by atoms with Crippen LogP contribution in [-0.4, -0.2) is 42.4 Å². The zero-order valence-corrected chi connectivity index (χ0v) is 22.1. The monoisotopic (exact) mass is 499 g/mol. The predicted octanol–water partition coefficient (Wildman–Crippen LogP) is 6.22. The fraction of sp³-hybridized carbons (Fsp3) is 0.562. The molecule has 6 rings (SSSR count). The Hall–Kier alpha value is -2.82. The summed E-state index contributed by atoms with van der Waals surface area (Å²) in [5.74, 6) is 0.452. The van der Waals surface area contributed by atoms with Crippen LogP contribution in [0.1, 0.15) is 85.7 Å². The summed E-state index contributed by atoms with van der Waals surface area (Å²) in [5, 5.41) is 3.28. The second-order valence-corrected chi connectivity index (χ2v) is 11.7. The van der Waals surface area contributed by atoms with Crippen LogP contribution < -0.4 is 10.2 Å². The third kappa shape index (κ3) is 5.02. The second-order valence-electron chi connectivity index (χ2n) is 11.7. The van der Waals surface area contributed by atoms with Crippen molar-refractivity contribution in [3.63, 3.8) is 0 Å². The number of anilines is 2. The van der Waals surface area contributed by atoms with E-state index >= 15 is 0 Å². The van der Waals surface area contributed by atoms with Gasteiger partial charge in [-0.1, -0.05) is 37.5 Å². The normalized spacial score (nSPS) is 24.2. The van der Waals surface area contributed by atoms with E-state index in [1.165, 1.54) is 49.7 Å². The maximum Gasteiger partial charge on any atom is 0.256 e. The van der Waals surface area contributed by atoms with Gasteiger partial charge in [0.25, 0.3) is 5.91 Å². The largest absolute Gasteiger partial charge is 0.371 e. The molecule has 1 saturated carbocycles. The lowest BCUT2D eigenvalue weighted by Crippen LogP contribution is -2.55. The van der Waals surface area contributed by atoms with E-state index in [1.54, 1.807) is 0 Å². The van der Waals surface area contributed by atoms with E-state index in [-0.39, 0.29) is 23.8 Å². The van der Waals surface area contributed by atoms with Crippen molar-refractivity contribution in [2.24, 2.45) is 11.8 Å². The van der Waals surface area contributed by atoms with E-state index in [4.69, 9.17) is 0 Å². The first-order chi connectivity index (χ1) is 18.2. The Kier molecular flexibility index (Phi) is 7.21. The highest BCUT2D eigenvalue weighted by atomic mass is 16.2. The fourth-order valence-electron chi connectivity index (χ4n) is 7.53. The van der Waals surface area contributed by atoms with E-state index < -0.39 is 0 Å². The highest BCUT2D eigenvalue weighted by Gasteiger charge is 2.43. The number of hydrogen-bond donors (Lipinski definition) is 1. The van der Waals surface area contributed by atoms with Gasteiger partial charge in [-0.15, -0.1) is 0 Å². The molecule has 37 heavy (non-hydrogen) atoms. The van der Waals surface area contributed by atoms with Crippen LogP contribution >= 0.6 is 0 Å². The molecule has 0 aromatic heterocycles. The summed E-state index contributed by atoms with van der Waals surface area (Å²) in [6, 6.07) is 14.5. The molecule has 0 spiro atoms. The van der Waals surface area contributed by atoms with Crippen molar-refractivity contribution in [1.29, 1.82) is 0 Å². The Morgan fingerprint density at radius 1 is 0.757 bits per heavy atom. The first-order valence-electron chi connectivity index (χ1n) is 14.8. The number of likely N-dealkylation sites (tertiary alicyclic amines) is 1. The van der Waals surface area contributed by atoms with Crippen molar-refractivity contribution in [3.05, 3.63) is 59.2 Å². The summed E-state index contributed by atoms with van der Waals surface area (Å²) in [4.78, 5) is 32.6. The average molecular weight is 500 g/mol. The van der Waals surface area contributed by atoms with Gasteiger partial charge in [0.2, 0.25) is 5.91 Å². The lowest BCUT2D eigenvalue weighted by molar-refractivity contribution is -0.124. The zero-order chi connectivity index (χ0) is 25.2. The van der Waals surface area contributed by atoms with Crippen LogP contribution in [0.3, 0.4) is 0 Å². The van der Waals surface area contributed by atoms with Gasteiger partial charge in [0.05, 0.1) is 11.5 Å². The van der Waals surface area contributed by atoms with Gasteiger partial charge in [0.1, 0.15) is 0 Å². The third-order valence-electron chi connectivity index (χ3n) is 9.36. The molecule has 3 fully saturated rings. The number of nitrogens with one attached hydrogen (secondary N) is 1. The summed E-state index contributed by atoms with van der Waals surface area (Å²) in [6.07, 6.45) is 13.4. The van der Waals surface area contributed by atoms with Crippen LogP contribution in [0.15, 0.2) is 42.5 Å². The maximum atomic E-state index is 14.3. The fourth-order valence-corrected chi connectivity index (χ4v) is 7.53. The van der Waals surface area contributed by atoms with Crippen LogP contribution in [0.25, 0.3) is 0 Å². The summed E-state index contributed by atoms with van der Waals surface area (Å²) < 4.78 is 0. The predicted molar refractivity (Wildman–Crippen MR) is 149 cm³/mol. The summed E-state index contributed by atoms with van der Waals surface area (Å²) >= 11 is 0. The Labute approximate surface area is 221 Å². The van der Waals surface area contributed by atoms with Crippen LogP contribution in [0.4, 0.5) is 11.4 Å². The Balaban J connectivity index is 1.28. The Morgan fingerprint density at radius 3 is 2.38 bits per heavy atom. The smallest absolute Gasteiger partial charge is 0.256 e. The van der Waals surface area contributed by atoms with E-state index in [9.17, 15) is 9.59 Å². The molecule has 0 bridgehead atoms. The number of nitrogens with zero attached hydrogens (tertiary/aromatic N) is 2. The molecular weight excluding hydrogens is 458 g/mol. The molecule has 1 N–H and O–H groups in total. The lowest BCUT2D eigenvalue weighted by Gasteiger charge is -2.46. The summed E-state index contributed by atoms with van der Waals surface area (Å²) in [5.41, 5.74) is 5.59. The molecule has 0 radical (unpaired) electrons. The number of piperidine rings is 1. The van der Waals surface area contributed by atoms with E-state index in [1.807, 2.05) is 18.2 Å². The van der Waals surface area contributed by atoms with Crippen LogP contribution in [0.2, 0.25) is 0 Å². The van der Waals surface area contributed by atoms with Gasteiger partial charge in [-0.05, 0) is 99.1 Å². The number of hydrogen-bond acceptors (Lipinski definition) is 3. The minimum Gasteiger partial charge on any atom is -0.371 e. The van der Waals surface area contributed by atoms with Gasteiger partial charge in [0.15, 0.2) is 0 Å². The van der Waals surface area contributed by atoms with E-state index in [0.717, 1.165) is 75.1 Å². The first kappa shape index (κ1) is 24.5. The summed E-state index contributed by atoms with van der Waals surface area (Å²) in [6.45, 7) is 2.78. The van der Waals surface area contributed by atoms with Crippen molar-refractivity contribution in [3.8, 4) is 0 Å². The van der Waals surface area contributed by atoms with Crippen LogP contribution in [0.5, 0.6) is 0 Å². The van der Waals surface area contributed by atoms with Crippen molar-refractivity contribution < 1.29 is 9.59 Å². The van der Waals surface area contributed by atoms with Crippen molar-refractivity contribution in [1.82, 2.24) is 4.90 Å². The van der Waals surface area contributed by atoms with Crippen molar-refractivity contribution >= 4 is 23.2 Å². The summed E-state index contributed by atoms with van der Waals surface area (Å²) in [7, 11) is 0. The zero-order valence-electron chi connectivity index (χ0n) is 22.1. The van der Waals surface area contributed by atoms with Gasteiger partial charge in [-0.25, -0.2) is 0 Å². The minimum atomic E-state index is -0.159. The Morgan fingerprint density at radius 2 is 1.54 bits per heavy atom. The standard InChI is InChI=1S/C32H41N3O2/c36-31(33-26-18-17-23-12-8-13-25(23)22-26)28-15-9-21-35(30(28)24-10-2-1-3-11-24)32(37)27-14-4-5-16-29(27)34-19-6-7-20-34/h4-5,14,16-18,22,24,28,30H,1-3,6-13,15,19-21H2,(H,33,36)/t28-,30?/m0/s1. The molecule has 2 heterocycles. The van der Waals surface area contributed by atoms with Crippen molar-refractivity contribution in [2.75, 3.05) is 29.9 Å². The van der Waals surface area contributed by atoms with Gasteiger partial charge in [0, 0.05) is 37.1 Å². The maximum absolute atomic E-state index is 14.3. The topological polar surface area (TPSA) is 52.7 Å². The molecule has 196 valence electrons. The van der Waals surface area contributed by atoms with E-state index in [0.29, 0.717) is 5.92 Å². The molecule has 5 nitrogen and oxygen atoms in total.